The summed E-state index contributed by atoms with van der Waals surface area (Å²) in [6, 6.07) is 26.6. The minimum atomic E-state index is -1.40. The first kappa shape index (κ1) is 20.0. The fourth-order valence-electron chi connectivity index (χ4n) is 3.55. The van der Waals surface area contributed by atoms with Gasteiger partial charge in [0.25, 0.3) is 11.8 Å². The molecule has 0 radical (unpaired) electrons. The molecule has 4 rings (SSSR count). The van der Waals surface area contributed by atoms with Gasteiger partial charge in [0.2, 0.25) is 0 Å². The van der Waals surface area contributed by atoms with Crippen LogP contribution in [0.1, 0.15) is 16.7 Å². The maximum Gasteiger partial charge on any atom is 0.326 e. The highest BCUT2D eigenvalue weighted by molar-refractivity contribution is 6.11. The summed E-state index contributed by atoms with van der Waals surface area (Å²) in [5, 5.41) is 6.70. The van der Waals surface area contributed by atoms with Crippen LogP contribution in [0.4, 0.5) is 4.79 Å². The lowest BCUT2D eigenvalue weighted by Crippen LogP contribution is -2.45. The Labute approximate surface area is 179 Å². The minimum absolute atomic E-state index is 0.446. The van der Waals surface area contributed by atoms with E-state index in [0.29, 0.717) is 11.1 Å². The molecule has 0 aromatic heterocycles. The van der Waals surface area contributed by atoms with Crippen molar-refractivity contribution in [2.75, 3.05) is 6.54 Å². The second-order valence-corrected chi connectivity index (χ2v) is 7.01. The molecule has 0 bridgehead atoms. The van der Waals surface area contributed by atoms with Gasteiger partial charge in [0.05, 0.1) is 6.21 Å². The van der Waals surface area contributed by atoms with Gasteiger partial charge in [-0.2, -0.15) is 5.10 Å². The van der Waals surface area contributed by atoms with Crippen LogP contribution in [0.3, 0.4) is 0 Å². The van der Waals surface area contributed by atoms with Crippen LogP contribution in [0, 0.1) is 0 Å². The molecule has 1 aliphatic rings. The molecule has 1 saturated heterocycles. The molecule has 3 aromatic rings. The smallest absolute Gasteiger partial charge is 0.315 e. The van der Waals surface area contributed by atoms with Crippen molar-refractivity contribution < 1.29 is 14.4 Å². The van der Waals surface area contributed by atoms with Crippen LogP contribution >= 0.6 is 0 Å². The second kappa shape index (κ2) is 8.62. The van der Waals surface area contributed by atoms with Gasteiger partial charge in [-0.1, -0.05) is 91.0 Å². The first-order chi connectivity index (χ1) is 15.1. The molecule has 7 nitrogen and oxygen atoms in total. The molecule has 154 valence electrons. The molecule has 0 spiro atoms. The molecular weight excluding hydrogens is 392 g/mol. The minimum Gasteiger partial charge on any atom is -0.315 e. The normalized spacial score (nSPS) is 15.2. The molecule has 4 amide bonds. The zero-order valence-corrected chi connectivity index (χ0v) is 16.6. The average molecular weight is 412 g/mol. The van der Waals surface area contributed by atoms with Crippen molar-refractivity contribution >= 4 is 24.1 Å². The van der Waals surface area contributed by atoms with Gasteiger partial charge >= 0.3 is 6.03 Å². The maximum atomic E-state index is 13.5. The van der Waals surface area contributed by atoms with Crippen molar-refractivity contribution in [1.82, 2.24) is 15.6 Å². The number of imide groups is 1. The number of hydrazone groups is 1. The highest BCUT2D eigenvalue weighted by atomic mass is 16.2. The van der Waals surface area contributed by atoms with E-state index in [1.54, 1.807) is 48.5 Å². The number of carbonyl (C=O) groups excluding carboxylic acids is 3. The molecular formula is C24H20N4O3. The van der Waals surface area contributed by atoms with Crippen molar-refractivity contribution in [1.29, 1.82) is 0 Å². The monoisotopic (exact) mass is 412 g/mol. The fraction of sp³-hybridized carbons (Fsp3) is 0.0833. The van der Waals surface area contributed by atoms with Crippen molar-refractivity contribution in [3.63, 3.8) is 0 Å². The van der Waals surface area contributed by atoms with Crippen LogP contribution in [-0.2, 0) is 15.1 Å². The lowest BCUT2D eigenvalue weighted by atomic mass is 9.82. The van der Waals surface area contributed by atoms with E-state index in [0.717, 1.165) is 10.5 Å². The van der Waals surface area contributed by atoms with E-state index in [1.165, 1.54) is 6.21 Å². The summed E-state index contributed by atoms with van der Waals surface area (Å²) in [7, 11) is 0. The van der Waals surface area contributed by atoms with Gasteiger partial charge < -0.3 is 5.32 Å². The maximum absolute atomic E-state index is 13.5. The Morgan fingerprint density at radius 1 is 0.871 bits per heavy atom. The molecule has 0 unspecified atom stereocenters. The summed E-state index contributed by atoms with van der Waals surface area (Å²) in [4.78, 5) is 39.5. The third kappa shape index (κ3) is 3.93. The van der Waals surface area contributed by atoms with Gasteiger partial charge in [0, 0.05) is 0 Å². The summed E-state index contributed by atoms with van der Waals surface area (Å²) in [6.45, 7) is -0.446. The Hall–Kier alpha value is -4.26. The van der Waals surface area contributed by atoms with E-state index in [9.17, 15) is 14.4 Å². The Morgan fingerprint density at radius 2 is 1.39 bits per heavy atom. The summed E-state index contributed by atoms with van der Waals surface area (Å²) < 4.78 is 0. The largest absolute Gasteiger partial charge is 0.326 e. The number of hydrogen-bond acceptors (Lipinski definition) is 4. The number of nitrogens with zero attached hydrogens (tertiary/aromatic N) is 2. The van der Waals surface area contributed by atoms with E-state index in [2.05, 4.69) is 15.8 Å². The van der Waals surface area contributed by atoms with Gasteiger partial charge in [0.1, 0.15) is 6.54 Å². The Balaban J connectivity index is 1.56. The van der Waals surface area contributed by atoms with Crippen LogP contribution < -0.4 is 10.7 Å². The molecule has 0 saturated carbocycles. The summed E-state index contributed by atoms with van der Waals surface area (Å²) in [5.41, 5.74) is 3.01. The molecule has 7 heteroatoms. The van der Waals surface area contributed by atoms with Crippen molar-refractivity contribution in [2.45, 2.75) is 5.54 Å². The van der Waals surface area contributed by atoms with Gasteiger partial charge in [0.15, 0.2) is 5.54 Å². The summed E-state index contributed by atoms with van der Waals surface area (Å²) >= 11 is 0. The number of amides is 4. The quantitative estimate of drug-likeness (QED) is 0.370. The molecule has 31 heavy (non-hydrogen) atoms. The zero-order valence-electron chi connectivity index (χ0n) is 16.6. The number of carbonyl (C=O) groups is 3. The highest BCUT2D eigenvalue weighted by Crippen LogP contribution is 2.35. The molecule has 2 N–H and O–H groups in total. The summed E-state index contributed by atoms with van der Waals surface area (Å²) in [5.74, 6) is -1.09. The highest BCUT2D eigenvalue weighted by Gasteiger charge is 2.54. The molecule has 1 heterocycles. The molecule has 1 aliphatic heterocycles. The van der Waals surface area contributed by atoms with Gasteiger partial charge in [-0.3, -0.25) is 14.5 Å². The van der Waals surface area contributed by atoms with Crippen LogP contribution in [0.15, 0.2) is 96.1 Å². The molecule has 3 aromatic carbocycles. The van der Waals surface area contributed by atoms with Gasteiger partial charge in [-0.05, 0) is 16.7 Å². The SMILES string of the molecule is O=C(CN1C(=O)NC(c2ccccc2)(c2ccccc2)C1=O)N/N=C/c1ccccc1. The lowest BCUT2D eigenvalue weighted by Gasteiger charge is -2.27. The Morgan fingerprint density at radius 3 is 1.94 bits per heavy atom. The lowest BCUT2D eigenvalue weighted by molar-refractivity contribution is -0.134. The van der Waals surface area contributed by atoms with Crippen molar-refractivity contribution in [3.05, 3.63) is 108 Å². The number of benzene rings is 3. The predicted octanol–water partition coefficient (Wildman–Crippen LogP) is 2.63. The van der Waals surface area contributed by atoms with Gasteiger partial charge in [-0.25, -0.2) is 10.2 Å². The van der Waals surface area contributed by atoms with Crippen molar-refractivity contribution in [2.24, 2.45) is 5.10 Å². The second-order valence-electron chi connectivity index (χ2n) is 7.01. The molecule has 0 atom stereocenters. The molecule has 1 fully saturated rings. The van der Waals surface area contributed by atoms with Crippen LogP contribution in [-0.4, -0.2) is 35.5 Å². The Kier molecular flexibility index (Phi) is 5.57. The predicted molar refractivity (Wildman–Crippen MR) is 116 cm³/mol. The van der Waals surface area contributed by atoms with E-state index in [-0.39, 0.29) is 0 Å². The van der Waals surface area contributed by atoms with E-state index in [4.69, 9.17) is 0 Å². The number of nitrogens with one attached hydrogen (secondary N) is 2. The summed E-state index contributed by atoms with van der Waals surface area (Å²) in [6.07, 6.45) is 1.49. The number of urea groups is 1. The van der Waals surface area contributed by atoms with Crippen molar-refractivity contribution in [3.8, 4) is 0 Å². The fourth-order valence-corrected chi connectivity index (χ4v) is 3.55. The third-order valence-corrected chi connectivity index (χ3v) is 5.02. The van der Waals surface area contributed by atoms with E-state index in [1.807, 2.05) is 42.5 Å². The van der Waals surface area contributed by atoms with E-state index < -0.39 is 29.9 Å². The topological polar surface area (TPSA) is 90.9 Å². The first-order valence-electron chi connectivity index (χ1n) is 9.73. The van der Waals surface area contributed by atoms with Gasteiger partial charge in [-0.15, -0.1) is 0 Å². The van der Waals surface area contributed by atoms with Crippen LogP contribution in [0.5, 0.6) is 0 Å². The number of hydrogen-bond donors (Lipinski definition) is 2. The Bertz CT molecular complexity index is 1080. The first-order valence-corrected chi connectivity index (χ1v) is 9.73. The van der Waals surface area contributed by atoms with Crippen LogP contribution in [0.25, 0.3) is 0 Å². The zero-order chi connectivity index (χ0) is 21.7. The third-order valence-electron chi connectivity index (χ3n) is 5.02. The molecule has 0 aliphatic carbocycles. The standard InChI is InChI=1S/C24H20N4O3/c29-21(27-25-16-18-10-4-1-5-11-18)17-28-22(30)24(26-23(28)31,19-12-6-2-7-13-19)20-14-8-3-9-15-20/h1-16H,17H2,(H,26,31)(H,27,29)/b25-16+. The average Bonchev–Trinajstić information content (AvgIpc) is 3.06. The van der Waals surface area contributed by atoms with E-state index >= 15 is 0 Å². The number of rotatable bonds is 6. The van der Waals surface area contributed by atoms with Crippen LogP contribution in [0.2, 0.25) is 0 Å².